The van der Waals surface area contributed by atoms with Gasteiger partial charge < -0.3 is 15.4 Å². The van der Waals surface area contributed by atoms with Crippen LogP contribution in [-0.4, -0.2) is 38.4 Å². The Morgan fingerprint density at radius 1 is 1.41 bits per heavy atom. The quantitative estimate of drug-likeness (QED) is 0.740. The Kier molecular flexibility index (Phi) is 4.11. The normalized spacial score (nSPS) is 33.9. The van der Waals surface area contributed by atoms with Crippen LogP contribution in [0.25, 0.3) is 0 Å². The molecular weight excluding hydrogens is 212 g/mol. The highest BCUT2D eigenvalue weighted by atomic mass is 16.5. The summed E-state index contributed by atoms with van der Waals surface area (Å²) in [6.07, 6.45) is 1.63. The molecule has 0 amide bonds. The lowest BCUT2D eigenvalue weighted by Crippen LogP contribution is -2.62. The van der Waals surface area contributed by atoms with E-state index in [-0.39, 0.29) is 0 Å². The van der Waals surface area contributed by atoms with Gasteiger partial charge in [0, 0.05) is 18.1 Å². The van der Waals surface area contributed by atoms with Gasteiger partial charge in [0.2, 0.25) is 0 Å². The average Bonchev–Trinajstić information content (AvgIpc) is 2.19. The van der Waals surface area contributed by atoms with Crippen molar-refractivity contribution in [1.82, 2.24) is 10.6 Å². The Labute approximate surface area is 106 Å². The maximum atomic E-state index is 5.76. The van der Waals surface area contributed by atoms with E-state index in [1.54, 1.807) is 0 Å². The molecule has 1 saturated carbocycles. The van der Waals surface area contributed by atoms with Crippen LogP contribution >= 0.6 is 0 Å². The Morgan fingerprint density at radius 3 is 2.59 bits per heavy atom. The fraction of sp³-hybridized carbons (Fsp3) is 1.00. The molecule has 3 nitrogen and oxygen atoms in total. The maximum absolute atomic E-state index is 5.76. The molecule has 3 unspecified atom stereocenters. The molecule has 3 heteroatoms. The molecule has 1 aliphatic heterocycles. The average molecular weight is 240 g/mol. The Bertz CT molecular complexity index is 251. The molecule has 17 heavy (non-hydrogen) atoms. The second-order valence-corrected chi connectivity index (χ2v) is 6.36. The predicted molar refractivity (Wildman–Crippen MR) is 71.1 cm³/mol. The second-order valence-electron chi connectivity index (χ2n) is 6.36. The van der Waals surface area contributed by atoms with Crippen molar-refractivity contribution >= 4 is 0 Å². The van der Waals surface area contributed by atoms with E-state index in [2.05, 4.69) is 38.3 Å². The van der Waals surface area contributed by atoms with Gasteiger partial charge in [-0.1, -0.05) is 20.8 Å². The smallest absolute Gasteiger partial charge is 0.0655 e. The van der Waals surface area contributed by atoms with Crippen LogP contribution in [0.3, 0.4) is 0 Å². The lowest BCUT2D eigenvalue weighted by Gasteiger charge is -2.52. The standard InChI is InChI=1S/C14H28N2O/c1-5-17-13-6-12(14(13,3)4)16-7-10(2)11-8-15-9-11/h10-13,15-16H,5-9H2,1-4H3. The summed E-state index contributed by atoms with van der Waals surface area (Å²) in [5.41, 5.74) is 0.299. The molecule has 2 N–H and O–H groups in total. The van der Waals surface area contributed by atoms with Gasteiger partial charge >= 0.3 is 0 Å². The summed E-state index contributed by atoms with van der Waals surface area (Å²) >= 11 is 0. The van der Waals surface area contributed by atoms with Crippen molar-refractivity contribution in [3.05, 3.63) is 0 Å². The van der Waals surface area contributed by atoms with Crippen LogP contribution in [0, 0.1) is 17.3 Å². The van der Waals surface area contributed by atoms with Crippen LogP contribution in [-0.2, 0) is 4.74 Å². The Balaban J connectivity index is 1.70. The van der Waals surface area contributed by atoms with Crippen molar-refractivity contribution in [2.75, 3.05) is 26.2 Å². The van der Waals surface area contributed by atoms with Crippen LogP contribution in [0.1, 0.15) is 34.1 Å². The van der Waals surface area contributed by atoms with E-state index in [9.17, 15) is 0 Å². The van der Waals surface area contributed by atoms with Crippen LogP contribution in [0.2, 0.25) is 0 Å². The van der Waals surface area contributed by atoms with E-state index in [0.29, 0.717) is 17.6 Å². The molecule has 2 rings (SSSR count). The summed E-state index contributed by atoms with van der Waals surface area (Å²) in [4.78, 5) is 0. The topological polar surface area (TPSA) is 33.3 Å². The molecule has 3 atom stereocenters. The summed E-state index contributed by atoms with van der Waals surface area (Å²) < 4.78 is 5.76. The first-order valence-electron chi connectivity index (χ1n) is 7.11. The summed E-state index contributed by atoms with van der Waals surface area (Å²) in [5, 5.41) is 7.09. The third-order valence-corrected chi connectivity index (χ3v) is 4.85. The zero-order valence-electron chi connectivity index (χ0n) is 11.8. The van der Waals surface area contributed by atoms with Gasteiger partial charge in [-0.15, -0.1) is 0 Å². The minimum atomic E-state index is 0.299. The fourth-order valence-corrected chi connectivity index (χ4v) is 2.92. The fourth-order valence-electron chi connectivity index (χ4n) is 2.92. The van der Waals surface area contributed by atoms with Gasteiger partial charge in [0.15, 0.2) is 0 Å². The number of hydrogen-bond donors (Lipinski definition) is 2. The molecular formula is C14H28N2O. The molecule has 0 bridgehead atoms. The van der Waals surface area contributed by atoms with E-state index < -0.39 is 0 Å². The van der Waals surface area contributed by atoms with Crippen molar-refractivity contribution in [2.45, 2.75) is 46.3 Å². The molecule has 1 aliphatic carbocycles. The molecule has 0 aromatic rings. The monoisotopic (exact) mass is 240 g/mol. The third kappa shape index (κ3) is 2.67. The number of ether oxygens (including phenoxy) is 1. The van der Waals surface area contributed by atoms with Crippen molar-refractivity contribution in [3.8, 4) is 0 Å². The van der Waals surface area contributed by atoms with Gasteiger partial charge in [-0.3, -0.25) is 0 Å². The van der Waals surface area contributed by atoms with Crippen molar-refractivity contribution in [1.29, 1.82) is 0 Å². The highest BCUT2D eigenvalue weighted by Gasteiger charge is 2.48. The highest BCUT2D eigenvalue weighted by Crippen LogP contribution is 2.42. The first kappa shape index (κ1) is 13.3. The van der Waals surface area contributed by atoms with Gasteiger partial charge in [-0.25, -0.2) is 0 Å². The van der Waals surface area contributed by atoms with Crippen LogP contribution in [0.5, 0.6) is 0 Å². The van der Waals surface area contributed by atoms with Gasteiger partial charge in [-0.2, -0.15) is 0 Å². The van der Waals surface area contributed by atoms with E-state index in [1.165, 1.54) is 19.5 Å². The molecule has 2 aliphatic rings. The lowest BCUT2D eigenvalue weighted by molar-refractivity contribution is -0.114. The number of nitrogens with one attached hydrogen (secondary N) is 2. The van der Waals surface area contributed by atoms with Gasteiger partial charge in [-0.05, 0) is 44.8 Å². The minimum Gasteiger partial charge on any atom is -0.378 e. The maximum Gasteiger partial charge on any atom is 0.0655 e. The second kappa shape index (κ2) is 5.25. The molecule has 0 aromatic heterocycles. The summed E-state index contributed by atoms with van der Waals surface area (Å²) in [6.45, 7) is 13.5. The SMILES string of the molecule is CCOC1CC(NCC(C)C2CNC2)C1(C)C. The van der Waals surface area contributed by atoms with E-state index in [1.807, 2.05) is 0 Å². The first-order valence-corrected chi connectivity index (χ1v) is 7.11. The molecule has 2 fully saturated rings. The first-order chi connectivity index (χ1) is 8.05. The predicted octanol–water partition coefficient (Wildman–Crippen LogP) is 1.64. The largest absolute Gasteiger partial charge is 0.378 e. The summed E-state index contributed by atoms with van der Waals surface area (Å²) in [6, 6.07) is 0.634. The van der Waals surface area contributed by atoms with Crippen molar-refractivity contribution in [2.24, 2.45) is 17.3 Å². The van der Waals surface area contributed by atoms with E-state index in [0.717, 1.165) is 25.0 Å². The molecule has 1 saturated heterocycles. The van der Waals surface area contributed by atoms with Crippen molar-refractivity contribution in [3.63, 3.8) is 0 Å². The third-order valence-electron chi connectivity index (χ3n) is 4.85. The van der Waals surface area contributed by atoms with Crippen LogP contribution < -0.4 is 10.6 Å². The minimum absolute atomic E-state index is 0.299. The Hall–Kier alpha value is -0.120. The number of hydrogen-bond acceptors (Lipinski definition) is 3. The van der Waals surface area contributed by atoms with Gasteiger partial charge in [0.05, 0.1) is 6.10 Å². The molecule has 100 valence electrons. The van der Waals surface area contributed by atoms with Crippen molar-refractivity contribution < 1.29 is 4.74 Å². The lowest BCUT2D eigenvalue weighted by atomic mass is 9.64. The van der Waals surface area contributed by atoms with Crippen LogP contribution in [0.4, 0.5) is 0 Å². The summed E-state index contributed by atoms with van der Waals surface area (Å²) in [7, 11) is 0. The Morgan fingerprint density at radius 2 is 2.12 bits per heavy atom. The molecule has 0 spiro atoms. The summed E-state index contributed by atoms with van der Waals surface area (Å²) in [5.74, 6) is 1.67. The number of rotatable bonds is 6. The zero-order valence-corrected chi connectivity index (χ0v) is 11.8. The zero-order chi connectivity index (χ0) is 12.5. The van der Waals surface area contributed by atoms with Crippen LogP contribution in [0.15, 0.2) is 0 Å². The van der Waals surface area contributed by atoms with Gasteiger partial charge in [0.25, 0.3) is 0 Å². The van der Waals surface area contributed by atoms with E-state index in [4.69, 9.17) is 4.74 Å². The van der Waals surface area contributed by atoms with E-state index >= 15 is 0 Å². The molecule has 1 heterocycles. The highest BCUT2D eigenvalue weighted by molar-refractivity contribution is 5.03. The van der Waals surface area contributed by atoms with Gasteiger partial charge in [0.1, 0.15) is 0 Å². The molecule has 0 aromatic carbocycles. The molecule has 0 radical (unpaired) electrons.